The van der Waals surface area contributed by atoms with E-state index in [0.29, 0.717) is 6.42 Å². The van der Waals surface area contributed by atoms with Crippen molar-refractivity contribution in [2.24, 2.45) is 0 Å². The van der Waals surface area contributed by atoms with Gasteiger partial charge < -0.3 is 10.4 Å². The molecule has 3 rings (SSSR count). The Labute approximate surface area is 153 Å². The summed E-state index contributed by atoms with van der Waals surface area (Å²) in [6.07, 6.45) is 2.51. The van der Waals surface area contributed by atoms with Crippen LogP contribution >= 0.6 is 0 Å². The van der Waals surface area contributed by atoms with Crippen LogP contribution in [0.1, 0.15) is 30.4 Å². The number of hydrogen-bond acceptors (Lipinski definition) is 3. The fourth-order valence-corrected chi connectivity index (χ4v) is 3.36. The molecule has 1 atom stereocenters. The lowest BCUT2D eigenvalue weighted by molar-refractivity contribution is -0.137. The molecule has 1 aliphatic rings. The van der Waals surface area contributed by atoms with Gasteiger partial charge in [0.1, 0.15) is 0 Å². The minimum absolute atomic E-state index is 0.0247. The molecular weight excluding hydrogens is 328 g/mol. The van der Waals surface area contributed by atoms with Gasteiger partial charge in [-0.2, -0.15) is 0 Å². The Balaban J connectivity index is 1.57. The average molecular weight is 352 g/mol. The summed E-state index contributed by atoms with van der Waals surface area (Å²) in [6, 6.07) is 17.5. The highest BCUT2D eigenvalue weighted by molar-refractivity contribution is 5.95. The highest BCUT2D eigenvalue weighted by Crippen LogP contribution is 2.22. The fraction of sp³-hybridized carbons (Fsp3) is 0.333. The number of aryl methyl sites for hydroxylation is 1. The summed E-state index contributed by atoms with van der Waals surface area (Å²) in [5.41, 5.74) is 2.92. The van der Waals surface area contributed by atoms with Gasteiger partial charge in [-0.05, 0) is 49.1 Å². The van der Waals surface area contributed by atoms with Gasteiger partial charge in [0.2, 0.25) is 5.91 Å². The van der Waals surface area contributed by atoms with Gasteiger partial charge in [-0.15, -0.1) is 0 Å². The molecule has 1 unspecified atom stereocenters. The van der Waals surface area contributed by atoms with Crippen molar-refractivity contribution in [3.05, 3.63) is 65.7 Å². The molecule has 0 radical (unpaired) electrons. The van der Waals surface area contributed by atoms with Crippen LogP contribution < -0.4 is 5.32 Å². The maximum Gasteiger partial charge on any atom is 0.303 e. The predicted octanol–water partition coefficient (Wildman–Crippen LogP) is 3.31. The quantitative estimate of drug-likeness (QED) is 0.802. The van der Waals surface area contributed by atoms with Gasteiger partial charge in [-0.25, -0.2) is 0 Å². The van der Waals surface area contributed by atoms with E-state index < -0.39 is 5.97 Å². The van der Waals surface area contributed by atoms with Crippen molar-refractivity contribution < 1.29 is 14.7 Å². The number of carbonyl (C=O) groups excluding carboxylic acids is 1. The van der Waals surface area contributed by atoms with Crippen molar-refractivity contribution in [3.8, 4) is 0 Å². The standard InChI is InChI=1S/C21H24N2O3/c24-20(25)13-10-16-8-11-18(12-9-16)22-21(26)19-7-4-14-23(19)15-17-5-2-1-3-6-17/h1-3,5-6,8-9,11-12,19H,4,7,10,13-15H2,(H,22,26)(H,24,25). The van der Waals surface area contributed by atoms with Gasteiger partial charge in [0.25, 0.3) is 0 Å². The number of benzene rings is 2. The molecule has 0 bridgehead atoms. The number of carbonyl (C=O) groups is 2. The SMILES string of the molecule is O=C(O)CCc1ccc(NC(=O)C2CCCN2Cc2ccccc2)cc1. The zero-order valence-electron chi connectivity index (χ0n) is 14.7. The molecule has 26 heavy (non-hydrogen) atoms. The van der Waals surface area contributed by atoms with E-state index in [2.05, 4.69) is 22.3 Å². The lowest BCUT2D eigenvalue weighted by Gasteiger charge is -2.23. The average Bonchev–Trinajstić information content (AvgIpc) is 3.10. The van der Waals surface area contributed by atoms with Crippen molar-refractivity contribution in [2.75, 3.05) is 11.9 Å². The number of aliphatic carboxylic acids is 1. The summed E-state index contributed by atoms with van der Waals surface area (Å²) in [4.78, 5) is 25.5. The molecule has 1 fully saturated rings. The van der Waals surface area contributed by atoms with E-state index in [4.69, 9.17) is 5.11 Å². The second-order valence-electron chi connectivity index (χ2n) is 6.69. The first-order valence-corrected chi connectivity index (χ1v) is 9.01. The van der Waals surface area contributed by atoms with Gasteiger partial charge in [-0.1, -0.05) is 42.5 Å². The minimum Gasteiger partial charge on any atom is -0.481 e. The molecule has 1 heterocycles. The van der Waals surface area contributed by atoms with Crippen LogP contribution in [0.3, 0.4) is 0 Å². The maximum absolute atomic E-state index is 12.7. The van der Waals surface area contributed by atoms with Crippen LogP contribution in [-0.4, -0.2) is 34.5 Å². The number of likely N-dealkylation sites (tertiary alicyclic amines) is 1. The Bertz CT molecular complexity index is 744. The Hall–Kier alpha value is -2.66. The van der Waals surface area contributed by atoms with Crippen LogP contribution in [0.4, 0.5) is 5.69 Å². The van der Waals surface area contributed by atoms with Crippen LogP contribution in [0.2, 0.25) is 0 Å². The van der Waals surface area contributed by atoms with Gasteiger partial charge >= 0.3 is 5.97 Å². The molecule has 2 N–H and O–H groups in total. The van der Waals surface area contributed by atoms with E-state index in [-0.39, 0.29) is 18.4 Å². The Morgan fingerprint density at radius 3 is 2.46 bits per heavy atom. The molecule has 2 aromatic carbocycles. The number of nitrogens with one attached hydrogen (secondary N) is 1. The molecule has 2 aromatic rings. The summed E-state index contributed by atoms with van der Waals surface area (Å²) >= 11 is 0. The summed E-state index contributed by atoms with van der Waals surface area (Å²) in [7, 11) is 0. The van der Waals surface area contributed by atoms with E-state index in [1.807, 2.05) is 42.5 Å². The number of rotatable bonds is 7. The third-order valence-corrected chi connectivity index (χ3v) is 4.74. The number of anilines is 1. The van der Waals surface area contributed by atoms with Crippen molar-refractivity contribution in [1.82, 2.24) is 4.90 Å². The normalized spacial score (nSPS) is 17.2. The number of carboxylic acids is 1. The second kappa shape index (κ2) is 8.63. The largest absolute Gasteiger partial charge is 0.481 e. The third-order valence-electron chi connectivity index (χ3n) is 4.74. The Morgan fingerprint density at radius 2 is 1.77 bits per heavy atom. The van der Waals surface area contributed by atoms with Gasteiger partial charge in [0.05, 0.1) is 6.04 Å². The number of hydrogen-bond donors (Lipinski definition) is 2. The molecule has 0 aliphatic carbocycles. The van der Waals surface area contributed by atoms with Crippen molar-refractivity contribution in [3.63, 3.8) is 0 Å². The molecule has 0 aromatic heterocycles. The maximum atomic E-state index is 12.7. The number of amides is 1. The van der Waals surface area contributed by atoms with Crippen LogP contribution in [0.15, 0.2) is 54.6 Å². The zero-order valence-corrected chi connectivity index (χ0v) is 14.7. The lowest BCUT2D eigenvalue weighted by Crippen LogP contribution is -2.39. The van der Waals surface area contributed by atoms with E-state index in [9.17, 15) is 9.59 Å². The molecule has 136 valence electrons. The van der Waals surface area contributed by atoms with Gasteiger partial charge in [0, 0.05) is 18.7 Å². The third kappa shape index (κ3) is 4.92. The van der Waals surface area contributed by atoms with Crippen LogP contribution in [0.5, 0.6) is 0 Å². The first kappa shape index (κ1) is 18.1. The second-order valence-corrected chi connectivity index (χ2v) is 6.69. The Morgan fingerprint density at radius 1 is 1.04 bits per heavy atom. The van der Waals surface area contributed by atoms with Gasteiger partial charge in [-0.3, -0.25) is 14.5 Å². The molecule has 1 amide bonds. The summed E-state index contributed by atoms with van der Waals surface area (Å²) in [5.74, 6) is -0.779. The first-order chi connectivity index (χ1) is 12.6. The van der Waals surface area contributed by atoms with E-state index in [0.717, 1.165) is 37.2 Å². The molecule has 1 aliphatic heterocycles. The number of nitrogens with zero attached hydrogens (tertiary/aromatic N) is 1. The molecule has 0 saturated carbocycles. The molecule has 5 nitrogen and oxygen atoms in total. The minimum atomic E-state index is -0.804. The molecule has 0 spiro atoms. The van der Waals surface area contributed by atoms with Crippen molar-refractivity contribution in [1.29, 1.82) is 0 Å². The molecular formula is C21H24N2O3. The van der Waals surface area contributed by atoms with Crippen molar-refractivity contribution >= 4 is 17.6 Å². The predicted molar refractivity (Wildman–Crippen MR) is 101 cm³/mol. The smallest absolute Gasteiger partial charge is 0.303 e. The summed E-state index contributed by atoms with van der Waals surface area (Å²) in [5, 5.41) is 11.7. The Kier molecular flexibility index (Phi) is 6.02. The number of carboxylic acid groups (broad SMARTS) is 1. The molecule has 1 saturated heterocycles. The highest BCUT2D eigenvalue weighted by atomic mass is 16.4. The van der Waals surface area contributed by atoms with E-state index in [1.54, 1.807) is 0 Å². The van der Waals surface area contributed by atoms with E-state index in [1.165, 1.54) is 5.56 Å². The summed E-state index contributed by atoms with van der Waals surface area (Å²) in [6.45, 7) is 1.72. The monoisotopic (exact) mass is 352 g/mol. The zero-order chi connectivity index (χ0) is 18.4. The topological polar surface area (TPSA) is 69.6 Å². The van der Waals surface area contributed by atoms with Crippen LogP contribution in [0, 0.1) is 0 Å². The van der Waals surface area contributed by atoms with E-state index >= 15 is 0 Å². The lowest BCUT2D eigenvalue weighted by atomic mass is 10.1. The van der Waals surface area contributed by atoms with Gasteiger partial charge in [0.15, 0.2) is 0 Å². The fourth-order valence-electron chi connectivity index (χ4n) is 3.36. The van der Waals surface area contributed by atoms with Crippen LogP contribution in [-0.2, 0) is 22.6 Å². The highest BCUT2D eigenvalue weighted by Gasteiger charge is 2.30. The van der Waals surface area contributed by atoms with Crippen molar-refractivity contribution in [2.45, 2.75) is 38.3 Å². The first-order valence-electron chi connectivity index (χ1n) is 9.01. The summed E-state index contributed by atoms with van der Waals surface area (Å²) < 4.78 is 0. The van der Waals surface area contributed by atoms with Crippen LogP contribution in [0.25, 0.3) is 0 Å². The molecule has 5 heteroatoms.